The monoisotopic (exact) mass is 306 g/mol. The summed E-state index contributed by atoms with van der Waals surface area (Å²) in [6.45, 7) is 15.1. The summed E-state index contributed by atoms with van der Waals surface area (Å²) in [6, 6.07) is 0. The van der Waals surface area contributed by atoms with E-state index in [0.717, 1.165) is 12.8 Å². The van der Waals surface area contributed by atoms with Crippen molar-refractivity contribution in [2.75, 3.05) is 7.05 Å². The van der Waals surface area contributed by atoms with Crippen molar-refractivity contribution in [2.24, 2.45) is 10.5 Å². The van der Waals surface area contributed by atoms with E-state index in [0.29, 0.717) is 0 Å². The summed E-state index contributed by atoms with van der Waals surface area (Å²) in [4.78, 5) is 0. The van der Waals surface area contributed by atoms with Crippen molar-refractivity contribution in [1.29, 1.82) is 0 Å². The Labute approximate surface area is 136 Å². The molecule has 0 N–H and O–H groups in total. The Kier molecular flexibility index (Phi) is 4.29. The van der Waals surface area contributed by atoms with Crippen molar-refractivity contribution in [3.05, 3.63) is 12.3 Å². The molecular formula is C17H31BN2O2. The van der Waals surface area contributed by atoms with Crippen LogP contribution in [0.3, 0.4) is 0 Å². The predicted molar refractivity (Wildman–Crippen MR) is 92.9 cm³/mol. The van der Waals surface area contributed by atoms with Crippen LogP contribution in [0.1, 0.15) is 61.3 Å². The van der Waals surface area contributed by atoms with Crippen LogP contribution in [0, 0.1) is 5.41 Å². The lowest BCUT2D eigenvalue weighted by Gasteiger charge is -2.45. The molecule has 2 unspecified atom stereocenters. The fourth-order valence-corrected chi connectivity index (χ4v) is 3.16. The van der Waals surface area contributed by atoms with Gasteiger partial charge in [0.25, 0.3) is 0 Å². The van der Waals surface area contributed by atoms with E-state index in [1.54, 1.807) is 0 Å². The van der Waals surface area contributed by atoms with Gasteiger partial charge in [-0.3, -0.25) is 5.01 Å². The molecule has 0 saturated carbocycles. The molecule has 0 bridgehead atoms. The van der Waals surface area contributed by atoms with Gasteiger partial charge in [-0.2, -0.15) is 5.10 Å². The summed E-state index contributed by atoms with van der Waals surface area (Å²) < 4.78 is 12.8. The molecule has 0 spiro atoms. The van der Waals surface area contributed by atoms with Crippen molar-refractivity contribution in [2.45, 2.75) is 77.8 Å². The van der Waals surface area contributed by atoms with Gasteiger partial charge < -0.3 is 9.31 Å². The average molecular weight is 306 g/mol. The molecule has 4 nitrogen and oxygen atoms in total. The third kappa shape index (κ3) is 2.63. The van der Waals surface area contributed by atoms with Crippen molar-refractivity contribution in [1.82, 2.24) is 5.01 Å². The summed E-state index contributed by atoms with van der Waals surface area (Å²) in [6.07, 6.45) is 8.38. The number of nitrogens with zero attached hydrogens (tertiary/aromatic N) is 2. The van der Waals surface area contributed by atoms with E-state index < -0.39 is 0 Å². The van der Waals surface area contributed by atoms with Gasteiger partial charge >= 0.3 is 7.12 Å². The van der Waals surface area contributed by atoms with E-state index in [2.05, 4.69) is 59.6 Å². The molecule has 0 amide bonds. The Morgan fingerprint density at radius 1 is 1.14 bits per heavy atom. The SMILES string of the molecule is CCCC(C)(B1OC(C)(C)C(C)(C)O1)C1(C)C=CN(C)N=C1. The second kappa shape index (κ2) is 5.38. The van der Waals surface area contributed by atoms with Crippen LogP contribution in [-0.4, -0.2) is 36.6 Å². The normalized spacial score (nSPS) is 32.4. The lowest BCUT2D eigenvalue weighted by atomic mass is 9.45. The number of rotatable bonds is 4. The molecule has 2 aliphatic heterocycles. The van der Waals surface area contributed by atoms with Crippen molar-refractivity contribution >= 4 is 13.3 Å². The van der Waals surface area contributed by atoms with Crippen LogP contribution in [0.5, 0.6) is 0 Å². The van der Waals surface area contributed by atoms with E-state index in [1.807, 2.05) is 24.5 Å². The summed E-state index contributed by atoms with van der Waals surface area (Å²) in [7, 11) is 1.69. The Hall–Kier alpha value is -0.805. The maximum atomic E-state index is 6.40. The lowest BCUT2D eigenvalue weighted by molar-refractivity contribution is 0.00578. The molecule has 0 radical (unpaired) electrons. The van der Waals surface area contributed by atoms with Gasteiger partial charge in [-0.15, -0.1) is 0 Å². The molecule has 1 fully saturated rings. The summed E-state index contributed by atoms with van der Waals surface area (Å²) >= 11 is 0. The summed E-state index contributed by atoms with van der Waals surface area (Å²) in [5.41, 5.74) is -0.818. The zero-order valence-electron chi connectivity index (χ0n) is 15.4. The molecule has 0 aliphatic carbocycles. The van der Waals surface area contributed by atoms with Crippen LogP contribution in [-0.2, 0) is 9.31 Å². The van der Waals surface area contributed by atoms with Crippen LogP contribution in [0.15, 0.2) is 17.4 Å². The van der Waals surface area contributed by atoms with Crippen molar-refractivity contribution < 1.29 is 9.31 Å². The largest absolute Gasteiger partial charge is 0.465 e. The average Bonchev–Trinajstić information content (AvgIpc) is 2.63. The molecule has 5 heteroatoms. The third-order valence-electron chi connectivity index (χ3n) is 5.92. The molecular weight excluding hydrogens is 275 g/mol. The highest BCUT2D eigenvalue weighted by Gasteiger charge is 2.62. The molecule has 0 aromatic carbocycles. The minimum Gasteiger partial charge on any atom is -0.403 e. The quantitative estimate of drug-likeness (QED) is 0.734. The number of hydrazone groups is 1. The minimum atomic E-state index is -0.310. The van der Waals surface area contributed by atoms with Crippen LogP contribution in [0.2, 0.25) is 5.31 Å². The Morgan fingerprint density at radius 2 is 1.68 bits per heavy atom. The van der Waals surface area contributed by atoms with Crippen LogP contribution >= 0.6 is 0 Å². The molecule has 2 rings (SSSR count). The molecule has 124 valence electrons. The van der Waals surface area contributed by atoms with Crippen LogP contribution in [0.25, 0.3) is 0 Å². The van der Waals surface area contributed by atoms with E-state index in [9.17, 15) is 0 Å². The first-order valence-electron chi connectivity index (χ1n) is 8.30. The Bertz CT molecular complexity index is 457. The second-order valence-corrected chi connectivity index (χ2v) is 8.17. The number of allylic oxidation sites excluding steroid dienone is 1. The van der Waals surface area contributed by atoms with Gasteiger partial charge in [-0.1, -0.05) is 33.3 Å². The Morgan fingerprint density at radius 3 is 2.09 bits per heavy atom. The van der Waals surface area contributed by atoms with E-state index in [4.69, 9.17) is 9.31 Å². The van der Waals surface area contributed by atoms with E-state index >= 15 is 0 Å². The van der Waals surface area contributed by atoms with Gasteiger partial charge in [0.15, 0.2) is 0 Å². The molecule has 1 saturated heterocycles. The van der Waals surface area contributed by atoms with Crippen molar-refractivity contribution in [3.8, 4) is 0 Å². The number of hydrogen-bond acceptors (Lipinski definition) is 4. The first-order valence-corrected chi connectivity index (χ1v) is 8.30. The smallest absolute Gasteiger partial charge is 0.403 e. The standard InChI is InChI=1S/C17H31BN2O2/c1-9-10-17(7,16(6)11-12-20(8)19-13-16)18-21-14(2,3)15(4,5)22-18/h11-13H,9-10H2,1-8H3. The fourth-order valence-electron chi connectivity index (χ4n) is 3.16. The van der Waals surface area contributed by atoms with Crippen molar-refractivity contribution in [3.63, 3.8) is 0 Å². The molecule has 2 heterocycles. The minimum absolute atomic E-state index is 0.173. The van der Waals surface area contributed by atoms with Gasteiger partial charge in [-0.25, -0.2) is 0 Å². The van der Waals surface area contributed by atoms with E-state index in [1.165, 1.54) is 0 Å². The lowest BCUT2D eigenvalue weighted by Crippen LogP contribution is -2.46. The highest BCUT2D eigenvalue weighted by molar-refractivity contribution is 6.50. The topological polar surface area (TPSA) is 34.1 Å². The third-order valence-corrected chi connectivity index (χ3v) is 5.92. The van der Waals surface area contributed by atoms with E-state index in [-0.39, 0.29) is 29.0 Å². The van der Waals surface area contributed by atoms with Gasteiger partial charge in [0.1, 0.15) is 0 Å². The first kappa shape index (κ1) is 17.5. The van der Waals surface area contributed by atoms with Gasteiger partial charge in [0, 0.05) is 30.2 Å². The number of hydrogen-bond donors (Lipinski definition) is 0. The molecule has 0 aromatic heterocycles. The van der Waals surface area contributed by atoms with Gasteiger partial charge in [0.2, 0.25) is 0 Å². The van der Waals surface area contributed by atoms with Crippen LogP contribution < -0.4 is 0 Å². The summed E-state index contributed by atoms with van der Waals surface area (Å²) in [5.74, 6) is 0. The Balaban J connectivity index is 2.38. The van der Waals surface area contributed by atoms with Crippen LogP contribution in [0.4, 0.5) is 0 Å². The van der Waals surface area contributed by atoms with Gasteiger partial charge in [-0.05, 0) is 34.1 Å². The maximum Gasteiger partial charge on any atom is 0.465 e. The zero-order chi connectivity index (χ0) is 16.8. The fraction of sp³-hybridized carbons (Fsp3) is 0.824. The highest BCUT2D eigenvalue weighted by atomic mass is 16.7. The maximum absolute atomic E-state index is 6.40. The zero-order valence-corrected chi connectivity index (χ0v) is 15.4. The predicted octanol–water partition coefficient (Wildman–Crippen LogP) is 4.09. The molecule has 2 aliphatic rings. The highest BCUT2D eigenvalue weighted by Crippen LogP contribution is 2.57. The molecule has 22 heavy (non-hydrogen) atoms. The molecule has 0 aromatic rings. The summed E-state index contributed by atoms with van der Waals surface area (Å²) in [5, 5.41) is 6.15. The first-order chi connectivity index (χ1) is 9.97. The molecule has 2 atom stereocenters. The second-order valence-electron chi connectivity index (χ2n) is 8.17. The van der Waals surface area contributed by atoms with Gasteiger partial charge in [0.05, 0.1) is 11.2 Å².